The first kappa shape index (κ1) is 14.7. The molecule has 1 heterocycles. The van der Waals surface area contributed by atoms with E-state index >= 15 is 0 Å². The van der Waals surface area contributed by atoms with Crippen molar-refractivity contribution in [1.29, 1.82) is 5.26 Å². The Hall–Kier alpha value is -1.68. The summed E-state index contributed by atoms with van der Waals surface area (Å²) in [6.45, 7) is 6.69. The van der Waals surface area contributed by atoms with Crippen molar-refractivity contribution in [2.75, 3.05) is 32.7 Å². The fourth-order valence-electron chi connectivity index (χ4n) is 2.26. The van der Waals surface area contributed by atoms with E-state index in [0.717, 1.165) is 6.54 Å². The minimum Gasteiger partial charge on any atom is -0.297 e. The molecule has 0 amide bonds. The second kappa shape index (κ2) is 6.18. The molecule has 1 aliphatic heterocycles. The second-order valence-corrected chi connectivity index (χ2v) is 6.51. The lowest BCUT2D eigenvalue weighted by Crippen LogP contribution is -2.48. The molecule has 106 valence electrons. The van der Waals surface area contributed by atoms with Crippen LogP contribution in [0.25, 0.3) is 0 Å². The molecule has 0 spiro atoms. The van der Waals surface area contributed by atoms with Crippen molar-refractivity contribution in [1.82, 2.24) is 9.21 Å². The van der Waals surface area contributed by atoms with Crippen molar-refractivity contribution in [3.05, 3.63) is 42.5 Å². The van der Waals surface area contributed by atoms with Crippen LogP contribution in [-0.2, 0) is 10.0 Å². The Kier molecular flexibility index (Phi) is 4.55. The van der Waals surface area contributed by atoms with E-state index in [-0.39, 0.29) is 10.5 Å². The highest BCUT2D eigenvalue weighted by molar-refractivity contribution is 7.89. The van der Waals surface area contributed by atoms with E-state index in [1.807, 2.05) is 12.1 Å². The van der Waals surface area contributed by atoms with E-state index < -0.39 is 10.0 Å². The Morgan fingerprint density at radius 1 is 1.25 bits per heavy atom. The monoisotopic (exact) mass is 291 g/mol. The average molecular weight is 291 g/mol. The van der Waals surface area contributed by atoms with Crippen molar-refractivity contribution < 1.29 is 8.42 Å². The molecule has 0 atom stereocenters. The van der Waals surface area contributed by atoms with Crippen molar-refractivity contribution in [3.8, 4) is 6.07 Å². The van der Waals surface area contributed by atoms with Crippen LogP contribution < -0.4 is 0 Å². The van der Waals surface area contributed by atoms with Gasteiger partial charge in [0, 0.05) is 32.7 Å². The summed E-state index contributed by atoms with van der Waals surface area (Å²) in [4.78, 5) is 2.24. The lowest BCUT2D eigenvalue weighted by atomic mass is 10.2. The van der Waals surface area contributed by atoms with Crippen LogP contribution in [0.4, 0.5) is 0 Å². The minimum atomic E-state index is -3.58. The maximum Gasteiger partial charge on any atom is 0.244 e. The molecule has 5 nitrogen and oxygen atoms in total. The highest BCUT2D eigenvalue weighted by Crippen LogP contribution is 2.20. The summed E-state index contributed by atoms with van der Waals surface area (Å²) in [5.41, 5.74) is 0.195. The van der Waals surface area contributed by atoms with E-state index in [9.17, 15) is 8.42 Å². The molecule has 0 N–H and O–H groups in total. The normalized spacial score (nSPS) is 17.6. The van der Waals surface area contributed by atoms with Gasteiger partial charge >= 0.3 is 0 Å². The Morgan fingerprint density at radius 2 is 1.90 bits per heavy atom. The van der Waals surface area contributed by atoms with Gasteiger partial charge in [-0.05, 0) is 12.1 Å². The van der Waals surface area contributed by atoms with Gasteiger partial charge in [0.05, 0.1) is 10.5 Å². The van der Waals surface area contributed by atoms with Gasteiger partial charge in [0.15, 0.2) is 0 Å². The zero-order valence-electron chi connectivity index (χ0n) is 11.2. The smallest absolute Gasteiger partial charge is 0.244 e. The summed E-state index contributed by atoms with van der Waals surface area (Å²) in [5, 5.41) is 9.04. The van der Waals surface area contributed by atoms with Crippen LogP contribution in [0.5, 0.6) is 0 Å². The highest BCUT2D eigenvalue weighted by Gasteiger charge is 2.29. The number of benzene rings is 1. The molecule has 0 radical (unpaired) electrons. The van der Waals surface area contributed by atoms with Crippen LogP contribution in [0.3, 0.4) is 0 Å². The summed E-state index contributed by atoms with van der Waals surface area (Å²) in [6, 6.07) is 8.27. The molecule has 0 aliphatic carbocycles. The third-order valence-electron chi connectivity index (χ3n) is 3.34. The Bertz CT molecular complexity index is 626. The summed E-state index contributed by atoms with van der Waals surface area (Å²) in [6.07, 6.45) is 1.81. The average Bonchev–Trinajstić information content (AvgIpc) is 2.48. The van der Waals surface area contributed by atoms with E-state index in [1.54, 1.807) is 12.1 Å². The van der Waals surface area contributed by atoms with Crippen molar-refractivity contribution >= 4 is 10.0 Å². The number of sulfonamides is 1. The standard InChI is InChI=1S/C14H17N3O2S/c1-2-7-16-8-10-17(11-9-16)20(18,19)14-6-4-3-5-13(14)12-15/h2-6H,1,7-11H2. The van der Waals surface area contributed by atoms with E-state index in [2.05, 4.69) is 11.5 Å². The molecule has 2 rings (SSSR count). The third kappa shape index (κ3) is 2.90. The molecule has 0 saturated carbocycles. The molecule has 0 bridgehead atoms. The number of nitrogens with zero attached hydrogens (tertiary/aromatic N) is 3. The topological polar surface area (TPSA) is 64.4 Å². The highest BCUT2D eigenvalue weighted by atomic mass is 32.2. The van der Waals surface area contributed by atoms with E-state index in [0.29, 0.717) is 26.2 Å². The zero-order valence-corrected chi connectivity index (χ0v) is 12.0. The molecule has 0 aromatic heterocycles. The van der Waals surface area contributed by atoms with Crippen molar-refractivity contribution in [3.63, 3.8) is 0 Å². The fourth-order valence-corrected chi connectivity index (χ4v) is 3.82. The lowest BCUT2D eigenvalue weighted by Gasteiger charge is -2.33. The van der Waals surface area contributed by atoms with Crippen molar-refractivity contribution in [2.45, 2.75) is 4.90 Å². The zero-order chi connectivity index (χ0) is 14.6. The summed E-state index contributed by atoms with van der Waals surface area (Å²) < 4.78 is 26.6. The predicted molar refractivity (Wildman–Crippen MR) is 76.6 cm³/mol. The number of piperazine rings is 1. The number of nitriles is 1. The first-order chi connectivity index (χ1) is 9.59. The predicted octanol–water partition coefficient (Wildman–Crippen LogP) is 1.05. The molecular weight excluding hydrogens is 274 g/mol. The van der Waals surface area contributed by atoms with E-state index in [4.69, 9.17) is 5.26 Å². The molecule has 1 fully saturated rings. The summed E-state index contributed by atoms with van der Waals surface area (Å²) in [7, 11) is -3.58. The largest absolute Gasteiger partial charge is 0.297 e. The summed E-state index contributed by atoms with van der Waals surface area (Å²) in [5.74, 6) is 0. The van der Waals surface area contributed by atoms with E-state index in [1.165, 1.54) is 16.4 Å². The number of rotatable bonds is 4. The SMILES string of the molecule is C=CCN1CCN(S(=O)(=O)c2ccccc2C#N)CC1. The Labute approximate surface area is 119 Å². The fraction of sp³-hybridized carbons (Fsp3) is 0.357. The molecule has 0 unspecified atom stereocenters. The van der Waals surface area contributed by atoms with Gasteiger partial charge in [0.25, 0.3) is 0 Å². The van der Waals surface area contributed by atoms with Crippen LogP contribution in [0.15, 0.2) is 41.8 Å². The van der Waals surface area contributed by atoms with Crippen LogP contribution >= 0.6 is 0 Å². The number of hydrogen-bond donors (Lipinski definition) is 0. The van der Waals surface area contributed by atoms with Gasteiger partial charge in [-0.1, -0.05) is 18.2 Å². The second-order valence-electron chi connectivity index (χ2n) is 4.60. The van der Waals surface area contributed by atoms with Crippen molar-refractivity contribution in [2.24, 2.45) is 0 Å². The van der Waals surface area contributed by atoms with Crippen LogP contribution in [0.2, 0.25) is 0 Å². The maximum absolute atomic E-state index is 12.6. The molecular formula is C14H17N3O2S. The molecule has 6 heteroatoms. The minimum absolute atomic E-state index is 0.0969. The quantitative estimate of drug-likeness (QED) is 0.778. The third-order valence-corrected chi connectivity index (χ3v) is 5.30. The van der Waals surface area contributed by atoms with Crippen LogP contribution in [-0.4, -0.2) is 50.3 Å². The maximum atomic E-state index is 12.6. The van der Waals surface area contributed by atoms with Gasteiger partial charge in [-0.25, -0.2) is 8.42 Å². The molecule has 1 saturated heterocycles. The van der Waals surface area contributed by atoms with Gasteiger partial charge in [-0.15, -0.1) is 6.58 Å². The molecule has 1 aromatic carbocycles. The van der Waals surface area contributed by atoms with Gasteiger partial charge in [-0.3, -0.25) is 4.90 Å². The molecule has 1 aromatic rings. The number of hydrogen-bond acceptors (Lipinski definition) is 4. The first-order valence-corrected chi connectivity index (χ1v) is 7.86. The molecule has 1 aliphatic rings. The van der Waals surface area contributed by atoms with Crippen LogP contribution in [0, 0.1) is 11.3 Å². The van der Waals surface area contributed by atoms with Gasteiger partial charge in [0.2, 0.25) is 10.0 Å². The van der Waals surface area contributed by atoms with Crippen LogP contribution in [0.1, 0.15) is 5.56 Å². The van der Waals surface area contributed by atoms with Gasteiger partial charge in [-0.2, -0.15) is 9.57 Å². The lowest BCUT2D eigenvalue weighted by molar-refractivity contribution is 0.204. The Morgan fingerprint density at radius 3 is 2.50 bits per heavy atom. The Balaban J connectivity index is 2.20. The van der Waals surface area contributed by atoms with Gasteiger partial charge in [0.1, 0.15) is 6.07 Å². The van der Waals surface area contributed by atoms with Gasteiger partial charge < -0.3 is 0 Å². The molecule has 20 heavy (non-hydrogen) atoms. The first-order valence-electron chi connectivity index (χ1n) is 6.42. The summed E-state index contributed by atoms with van der Waals surface area (Å²) >= 11 is 0.